The van der Waals surface area contributed by atoms with Crippen molar-refractivity contribution in [3.63, 3.8) is 0 Å². The maximum Gasteiger partial charge on any atom is 0.307 e. The van der Waals surface area contributed by atoms with Crippen LogP contribution in [-0.2, 0) is 24.4 Å². The summed E-state index contributed by atoms with van der Waals surface area (Å²) in [5.74, 6) is 0.810. The second-order valence-electron chi connectivity index (χ2n) is 8.98. The summed E-state index contributed by atoms with van der Waals surface area (Å²) in [5.41, 5.74) is 5.35. The van der Waals surface area contributed by atoms with Crippen molar-refractivity contribution >= 4 is 16.9 Å². The Balaban J connectivity index is 1.17. The number of imidazole rings is 1. The molecular formula is C27H28N6O. The second-order valence-corrected chi connectivity index (χ2v) is 8.98. The summed E-state index contributed by atoms with van der Waals surface area (Å²) in [7, 11) is 0. The van der Waals surface area contributed by atoms with Gasteiger partial charge in [-0.25, -0.2) is 16.2 Å². The zero-order valence-electron chi connectivity index (χ0n) is 19.2. The van der Waals surface area contributed by atoms with Crippen molar-refractivity contribution in [2.24, 2.45) is 5.92 Å². The van der Waals surface area contributed by atoms with E-state index in [4.69, 9.17) is 6.57 Å². The molecule has 34 heavy (non-hydrogen) atoms. The molecule has 0 unspecified atom stereocenters. The maximum absolute atomic E-state index is 12.6. The van der Waals surface area contributed by atoms with Crippen LogP contribution in [0.3, 0.4) is 0 Å². The summed E-state index contributed by atoms with van der Waals surface area (Å²) in [6.07, 6.45) is 9.05. The molecule has 7 heteroatoms. The molecule has 7 nitrogen and oxygen atoms in total. The zero-order valence-corrected chi connectivity index (χ0v) is 19.2. The summed E-state index contributed by atoms with van der Waals surface area (Å²) < 4.78 is 3.88. The van der Waals surface area contributed by atoms with E-state index in [9.17, 15) is 4.79 Å². The third-order valence-electron chi connectivity index (χ3n) is 6.70. The topological polar surface area (TPSA) is 60.3 Å². The largest absolute Gasteiger partial charge is 0.343 e. The van der Waals surface area contributed by atoms with Crippen molar-refractivity contribution in [1.82, 2.24) is 24.2 Å². The maximum atomic E-state index is 12.6. The molecule has 1 saturated heterocycles. The lowest BCUT2D eigenvalue weighted by molar-refractivity contribution is -0.132. The van der Waals surface area contributed by atoms with E-state index in [2.05, 4.69) is 49.8 Å². The highest BCUT2D eigenvalue weighted by atomic mass is 16.2. The molecule has 0 saturated carbocycles. The monoisotopic (exact) mass is 452 g/mol. The Kier molecular flexibility index (Phi) is 6.39. The van der Waals surface area contributed by atoms with Gasteiger partial charge < -0.3 is 9.47 Å². The molecule has 172 valence electrons. The fourth-order valence-corrected chi connectivity index (χ4v) is 4.75. The van der Waals surface area contributed by atoms with Gasteiger partial charge in [-0.05, 0) is 48.4 Å². The normalized spacial score (nSPS) is 14.4. The molecule has 1 aliphatic rings. The second kappa shape index (κ2) is 9.92. The van der Waals surface area contributed by atoms with Crippen LogP contribution in [-0.4, -0.2) is 43.2 Å². The molecule has 2 aromatic heterocycles. The highest BCUT2D eigenvalue weighted by molar-refractivity contribution is 5.82. The molecule has 4 aromatic rings. The van der Waals surface area contributed by atoms with Gasteiger partial charge in [0.15, 0.2) is 0 Å². The summed E-state index contributed by atoms with van der Waals surface area (Å²) >= 11 is 0. The summed E-state index contributed by atoms with van der Waals surface area (Å²) in [6, 6.07) is 16.5. The lowest BCUT2D eigenvalue weighted by Gasteiger charge is -2.32. The number of likely N-dealkylation sites (tertiary alicyclic amines) is 1. The molecule has 0 bridgehead atoms. The van der Waals surface area contributed by atoms with Crippen molar-refractivity contribution < 1.29 is 4.79 Å². The fourth-order valence-electron chi connectivity index (χ4n) is 4.75. The molecule has 0 radical (unpaired) electrons. The molecule has 2 aromatic carbocycles. The van der Waals surface area contributed by atoms with Crippen LogP contribution >= 0.6 is 0 Å². The number of aromatic nitrogens is 4. The Bertz CT molecular complexity index is 1310. The van der Waals surface area contributed by atoms with E-state index in [1.54, 1.807) is 10.9 Å². The van der Waals surface area contributed by atoms with Crippen LogP contribution in [0.15, 0.2) is 67.3 Å². The first-order valence-electron chi connectivity index (χ1n) is 11.8. The minimum Gasteiger partial charge on any atom is -0.343 e. The van der Waals surface area contributed by atoms with Gasteiger partial charge >= 0.3 is 6.67 Å². The third-order valence-corrected chi connectivity index (χ3v) is 6.70. The van der Waals surface area contributed by atoms with Gasteiger partial charge in [-0.3, -0.25) is 9.64 Å². The molecule has 0 atom stereocenters. The first-order chi connectivity index (χ1) is 16.7. The lowest BCUT2D eigenvalue weighted by Crippen LogP contribution is -2.39. The summed E-state index contributed by atoms with van der Waals surface area (Å²) in [5, 5.41) is 4.24. The van der Waals surface area contributed by atoms with Crippen LogP contribution in [0.1, 0.15) is 24.8 Å². The number of hydrogen-bond donors (Lipinski definition) is 0. The van der Waals surface area contributed by atoms with E-state index in [-0.39, 0.29) is 12.6 Å². The Morgan fingerprint density at radius 2 is 1.91 bits per heavy atom. The smallest absolute Gasteiger partial charge is 0.307 e. The molecule has 1 amide bonds. The standard InChI is InChI=1S/C27H28N6O/c1-28-19-33-18-24(16-30-33)23-8-9-26-25(15-23)29-20-32(26)17-22-11-13-31(14-12-22)27(34)10-7-21-5-3-2-4-6-21/h2-6,8-9,15-16,18,20,22H,7,10-14,17,19H2. The van der Waals surface area contributed by atoms with Crippen LogP contribution in [0.2, 0.25) is 0 Å². The van der Waals surface area contributed by atoms with Crippen molar-refractivity contribution in [3.05, 3.63) is 84.2 Å². The molecule has 0 aliphatic carbocycles. The van der Waals surface area contributed by atoms with E-state index in [0.29, 0.717) is 12.3 Å². The number of carbonyl (C=O) groups excluding carboxylic acids is 1. The molecule has 0 N–H and O–H groups in total. The van der Waals surface area contributed by atoms with E-state index in [0.717, 1.165) is 61.1 Å². The van der Waals surface area contributed by atoms with E-state index in [1.807, 2.05) is 35.6 Å². The molecular weight excluding hydrogens is 424 g/mol. The van der Waals surface area contributed by atoms with Crippen LogP contribution in [0.5, 0.6) is 0 Å². The molecule has 1 aliphatic heterocycles. The van der Waals surface area contributed by atoms with Gasteiger partial charge in [0, 0.05) is 37.8 Å². The number of carbonyl (C=O) groups is 1. The Labute approximate surface area is 199 Å². The van der Waals surface area contributed by atoms with Gasteiger partial charge in [0.2, 0.25) is 5.91 Å². The average molecular weight is 453 g/mol. The number of hydrogen-bond acceptors (Lipinski definition) is 3. The van der Waals surface area contributed by atoms with Gasteiger partial charge in [-0.15, -0.1) is 0 Å². The van der Waals surface area contributed by atoms with Crippen molar-refractivity contribution in [3.8, 4) is 11.1 Å². The van der Waals surface area contributed by atoms with E-state index >= 15 is 0 Å². The third kappa shape index (κ3) is 4.86. The number of rotatable bonds is 7. The zero-order chi connectivity index (χ0) is 23.3. The van der Waals surface area contributed by atoms with Gasteiger partial charge in [0.1, 0.15) is 0 Å². The Hall–Kier alpha value is -3.92. The summed E-state index contributed by atoms with van der Waals surface area (Å²) in [4.78, 5) is 22.7. The minimum atomic E-state index is 0.230. The predicted molar refractivity (Wildman–Crippen MR) is 132 cm³/mol. The Morgan fingerprint density at radius 3 is 2.71 bits per heavy atom. The number of benzene rings is 2. The number of aryl methyl sites for hydroxylation is 1. The predicted octanol–water partition coefficient (Wildman–Crippen LogP) is 4.65. The average Bonchev–Trinajstić information content (AvgIpc) is 3.51. The Morgan fingerprint density at radius 1 is 1.09 bits per heavy atom. The van der Waals surface area contributed by atoms with E-state index < -0.39 is 0 Å². The number of amides is 1. The van der Waals surface area contributed by atoms with Gasteiger partial charge in [-0.2, -0.15) is 5.10 Å². The molecule has 0 spiro atoms. The van der Waals surface area contributed by atoms with Crippen LogP contribution < -0.4 is 0 Å². The number of fused-ring (bicyclic) bond motifs is 1. The van der Waals surface area contributed by atoms with Gasteiger partial charge in [-0.1, -0.05) is 36.4 Å². The highest BCUT2D eigenvalue weighted by Gasteiger charge is 2.23. The number of piperidine rings is 1. The van der Waals surface area contributed by atoms with Crippen LogP contribution in [0.4, 0.5) is 0 Å². The van der Waals surface area contributed by atoms with Crippen LogP contribution in [0, 0.1) is 12.5 Å². The minimum absolute atomic E-state index is 0.230. The van der Waals surface area contributed by atoms with E-state index in [1.165, 1.54) is 5.56 Å². The molecule has 3 heterocycles. The molecule has 5 rings (SSSR count). The van der Waals surface area contributed by atoms with Gasteiger partial charge in [0.25, 0.3) is 0 Å². The quantitative estimate of drug-likeness (QED) is 0.384. The first-order valence-corrected chi connectivity index (χ1v) is 11.8. The number of nitrogens with zero attached hydrogens (tertiary/aromatic N) is 6. The highest BCUT2D eigenvalue weighted by Crippen LogP contribution is 2.26. The first kappa shape index (κ1) is 21.9. The lowest BCUT2D eigenvalue weighted by atomic mass is 9.96. The summed E-state index contributed by atoms with van der Waals surface area (Å²) in [6.45, 7) is 9.81. The van der Waals surface area contributed by atoms with Crippen molar-refractivity contribution in [2.75, 3.05) is 13.1 Å². The SMILES string of the molecule is [C-]#[N+]Cn1cc(-c2ccc3c(c2)ncn3CC2CCN(C(=O)CCc3ccccc3)CC2)cn1. The molecule has 1 fully saturated rings. The van der Waals surface area contributed by atoms with Crippen molar-refractivity contribution in [2.45, 2.75) is 38.9 Å². The van der Waals surface area contributed by atoms with Crippen LogP contribution in [0.25, 0.3) is 27.0 Å². The fraction of sp³-hybridized carbons (Fsp3) is 0.333. The van der Waals surface area contributed by atoms with Crippen molar-refractivity contribution in [1.29, 1.82) is 0 Å². The van der Waals surface area contributed by atoms with Gasteiger partial charge in [0.05, 0.1) is 23.6 Å².